The summed E-state index contributed by atoms with van der Waals surface area (Å²) in [5, 5.41) is 0.170. The fraction of sp³-hybridized carbons (Fsp3) is 0.0556. The van der Waals surface area contributed by atoms with Gasteiger partial charge in [-0.25, -0.2) is 0 Å². The first-order valence-corrected chi connectivity index (χ1v) is 8.82. The number of thioether (sulfide) groups is 1. The Morgan fingerprint density at radius 2 is 1.76 bits per heavy atom. The molecule has 0 saturated carbocycles. The first-order valence-electron chi connectivity index (χ1n) is 7.25. The molecule has 1 fully saturated rings. The maximum absolute atomic E-state index is 12.5. The van der Waals surface area contributed by atoms with Crippen LogP contribution in [0.4, 0.5) is 4.79 Å². The number of ketones is 1. The largest absolute Gasteiger partial charge is 0.293 e. The number of amides is 2. The number of rotatable bonds is 4. The van der Waals surface area contributed by atoms with Crippen LogP contribution in [-0.2, 0) is 4.79 Å². The highest BCUT2D eigenvalue weighted by Crippen LogP contribution is 2.35. The molecule has 2 aromatic rings. The second-order valence-electron chi connectivity index (χ2n) is 5.20. The van der Waals surface area contributed by atoms with E-state index in [9.17, 15) is 14.4 Å². The summed E-state index contributed by atoms with van der Waals surface area (Å²) < 4.78 is 0. The molecule has 0 spiro atoms. The fourth-order valence-corrected chi connectivity index (χ4v) is 3.46. The van der Waals surface area contributed by atoms with Crippen molar-refractivity contribution in [3.63, 3.8) is 0 Å². The van der Waals surface area contributed by atoms with Crippen LogP contribution in [0.25, 0.3) is 6.08 Å². The second-order valence-corrected chi connectivity index (χ2v) is 6.98. The molecule has 0 unspecified atom stereocenters. The molecule has 25 heavy (non-hydrogen) atoms. The zero-order chi connectivity index (χ0) is 18.0. The summed E-state index contributed by atoms with van der Waals surface area (Å²) in [5.74, 6) is -0.819. The van der Waals surface area contributed by atoms with Crippen LogP contribution < -0.4 is 0 Å². The Morgan fingerprint density at radius 1 is 1.04 bits per heavy atom. The highest BCUT2D eigenvalue weighted by Gasteiger charge is 2.36. The third-order valence-electron chi connectivity index (χ3n) is 3.54. The van der Waals surface area contributed by atoms with Crippen LogP contribution in [0.1, 0.15) is 15.9 Å². The molecule has 7 heteroatoms. The molecule has 3 rings (SSSR count). The molecule has 0 radical (unpaired) electrons. The predicted molar refractivity (Wildman–Crippen MR) is 99.9 cm³/mol. The van der Waals surface area contributed by atoms with Crippen LogP contribution in [0.15, 0.2) is 53.4 Å². The average molecular weight is 392 g/mol. The van der Waals surface area contributed by atoms with Crippen LogP contribution in [0.3, 0.4) is 0 Å². The smallest absolute Gasteiger partial charge is 0.292 e. The number of hydrogen-bond donors (Lipinski definition) is 0. The Bertz CT molecular complexity index is 896. The van der Waals surface area contributed by atoms with Gasteiger partial charge in [-0.2, -0.15) is 0 Å². The number of carbonyl (C=O) groups excluding carboxylic acids is 3. The van der Waals surface area contributed by atoms with E-state index in [4.69, 9.17) is 23.2 Å². The van der Waals surface area contributed by atoms with E-state index in [1.54, 1.807) is 48.5 Å². The Kier molecular flexibility index (Phi) is 5.27. The van der Waals surface area contributed by atoms with E-state index in [1.807, 2.05) is 0 Å². The SMILES string of the molecule is O=C(CN1C(=O)S/C(=C/c2cccc(Cl)c2Cl)C1=O)c1ccccc1. The fourth-order valence-electron chi connectivity index (χ4n) is 2.27. The van der Waals surface area contributed by atoms with Gasteiger partial charge in [-0.3, -0.25) is 19.3 Å². The number of carbonyl (C=O) groups is 3. The van der Waals surface area contributed by atoms with Crippen molar-refractivity contribution in [1.82, 2.24) is 4.90 Å². The normalized spacial score (nSPS) is 15.9. The standard InChI is InChI=1S/C18H11Cl2NO3S/c19-13-8-4-7-12(16(13)20)9-15-17(23)21(18(24)25-15)10-14(22)11-5-2-1-3-6-11/h1-9H,10H2/b15-9+. The molecule has 1 heterocycles. The van der Waals surface area contributed by atoms with E-state index < -0.39 is 11.1 Å². The van der Waals surface area contributed by atoms with E-state index in [-0.39, 0.29) is 17.2 Å². The summed E-state index contributed by atoms with van der Waals surface area (Å²) in [6.07, 6.45) is 1.51. The lowest BCUT2D eigenvalue weighted by molar-refractivity contribution is -0.122. The average Bonchev–Trinajstić information content (AvgIpc) is 2.87. The molecule has 0 aromatic heterocycles. The third-order valence-corrected chi connectivity index (χ3v) is 5.28. The van der Waals surface area contributed by atoms with Crippen molar-refractivity contribution < 1.29 is 14.4 Å². The number of Topliss-reactive ketones (excluding diaryl/α,β-unsaturated/α-hetero) is 1. The number of benzene rings is 2. The molecule has 1 saturated heterocycles. The molecule has 0 N–H and O–H groups in total. The molecular formula is C18H11Cl2NO3S. The number of halogens is 2. The third kappa shape index (κ3) is 3.79. The zero-order valence-electron chi connectivity index (χ0n) is 12.7. The predicted octanol–water partition coefficient (Wildman–Crippen LogP) is 4.91. The summed E-state index contributed by atoms with van der Waals surface area (Å²) in [4.78, 5) is 38.0. The quantitative estimate of drug-likeness (QED) is 0.548. The van der Waals surface area contributed by atoms with Crippen molar-refractivity contribution in [3.05, 3.63) is 74.6 Å². The maximum Gasteiger partial charge on any atom is 0.293 e. The van der Waals surface area contributed by atoms with Gasteiger partial charge in [-0.05, 0) is 29.5 Å². The molecule has 4 nitrogen and oxygen atoms in total. The van der Waals surface area contributed by atoms with Crippen LogP contribution in [0.5, 0.6) is 0 Å². The summed E-state index contributed by atoms with van der Waals surface area (Å²) >= 11 is 12.8. The molecule has 1 aliphatic rings. The van der Waals surface area contributed by atoms with Gasteiger partial charge in [0.25, 0.3) is 11.1 Å². The van der Waals surface area contributed by atoms with Crippen LogP contribution in [0, 0.1) is 0 Å². The van der Waals surface area contributed by atoms with Gasteiger partial charge in [0.05, 0.1) is 21.5 Å². The zero-order valence-corrected chi connectivity index (χ0v) is 15.1. The van der Waals surface area contributed by atoms with E-state index in [2.05, 4.69) is 0 Å². The molecule has 2 aromatic carbocycles. The Balaban J connectivity index is 1.82. The molecule has 126 valence electrons. The van der Waals surface area contributed by atoms with Crippen molar-refractivity contribution in [2.75, 3.05) is 6.54 Å². The van der Waals surface area contributed by atoms with E-state index >= 15 is 0 Å². The van der Waals surface area contributed by atoms with Gasteiger partial charge in [0, 0.05) is 5.56 Å². The lowest BCUT2D eigenvalue weighted by atomic mass is 10.1. The maximum atomic E-state index is 12.5. The van der Waals surface area contributed by atoms with Gasteiger partial charge in [-0.15, -0.1) is 0 Å². The van der Waals surface area contributed by atoms with Gasteiger partial charge in [0.2, 0.25) is 0 Å². The van der Waals surface area contributed by atoms with Crippen molar-refractivity contribution in [3.8, 4) is 0 Å². The van der Waals surface area contributed by atoms with E-state index in [1.165, 1.54) is 6.08 Å². The Labute approximate surface area is 158 Å². The summed E-state index contributed by atoms with van der Waals surface area (Å²) in [6.45, 7) is -0.296. The number of nitrogens with zero attached hydrogens (tertiary/aromatic N) is 1. The lowest BCUT2D eigenvalue weighted by Crippen LogP contribution is -2.33. The van der Waals surface area contributed by atoms with Crippen LogP contribution >= 0.6 is 35.0 Å². The van der Waals surface area contributed by atoms with Gasteiger partial charge < -0.3 is 0 Å². The van der Waals surface area contributed by atoms with Crippen molar-refractivity contribution >= 4 is 58.0 Å². The minimum absolute atomic E-state index is 0.204. The van der Waals surface area contributed by atoms with Gasteiger partial charge in [-0.1, -0.05) is 65.7 Å². The van der Waals surface area contributed by atoms with Crippen molar-refractivity contribution in [1.29, 1.82) is 0 Å². The monoisotopic (exact) mass is 391 g/mol. The van der Waals surface area contributed by atoms with Gasteiger partial charge in [0.15, 0.2) is 5.78 Å². The Morgan fingerprint density at radius 3 is 2.48 bits per heavy atom. The van der Waals surface area contributed by atoms with Crippen LogP contribution in [0.2, 0.25) is 10.0 Å². The Hall–Kier alpha value is -2.08. The van der Waals surface area contributed by atoms with Crippen LogP contribution in [-0.4, -0.2) is 28.4 Å². The highest BCUT2D eigenvalue weighted by atomic mass is 35.5. The molecule has 0 atom stereocenters. The number of imide groups is 1. The van der Waals surface area contributed by atoms with E-state index in [0.29, 0.717) is 21.2 Å². The molecule has 1 aliphatic heterocycles. The highest BCUT2D eigenvalue weighted by molar-refractivity contribution is 8.18. The van der Waals surface area contributed by atoms with Crippen molar-refractivity contribution in [2.45, 2.75) is 0 Å². The summed E-state index contributed by atoms with van der Waals surface area (Å²) in [5.41, 5.74) is 0.984. The summed E-state index contributed by atoms with van der Waals surface area (Å²) in [7, 11) is 0. The minimum atomic E-state index is -0.518. The van der Waals surface area contributed by atoms with Gasteiger partial charge >= 0.3 is 0 Å². The lowest BCUT2D eigenvalue weighted by Gasteiger charge is -2.11. The second kappa shape index (κ2) is 7.44. The number of hydrogen-bond acceptors (Lipinski definition) is 4. The molecular weight excluding hydrogens is 381 g/mol. The first-order chi connectivity index (χ1) is 12.0. The van der Waals surface area contributed by atoms with Gasteiger partial charge in [0.1, 0.15) is 0 Å². The molecule has 0 aliphatic carbocycles. The minimum Gasteiger partial charge on any atom is -0.292 e. The summed E-state index contributed by atoms with van der Waals surface area (Å²) in [6, 6.07) is 13.5. The first kappa shape index (κ1) is 17.7. The molecule has 2 amide bonds. The van der Waals surface area contributed by atoms with E-state index in [0.717, 1.165) is 16.7 Å². The molecule has 0 bridgehead atoms. The topological polar surface area (TPSA) is 54.5 Å². The van der Waals surface area contributed by atoms with Crippen molar-refractivity contribution in [2.24, 2.45) is 0 Å².